The van der Waals surface area contributed by atoms with Gasteiger partial charge in [-0.05, 0) is 30.3 Å². The van der Waals surface area contributed by atoms with Crippen LogP contribution >= 0.6 is 11.6 Å². The molecular weight excluding hydrogens is 367 g/mol. The predicted octanol–water partition coefficient (Wildman–Crippen LogP) is 4.33. The molecule has 3 aromatic rings. The Bertz CT molecular complexity index is 1010. The number of nitrogen functional groups attached to an aromatic ring is 1. The first-order valence-electron chi connectivity index (χ1n) is 7.17. The Morgan fingerprint density at radius 2 is 1.65 bits per heavy atom. The molecule has 0 aliphatic heterocycles. The van der Waals surface area contributed by atoms with Gasteiger partial charge in [0, 0.05) is 16.1 Å². The minimum absolute atomic E-state index is 0.0944. The van der Waals surface area contributed by atoms with Gasteiger partial charge in [0.15, 0.2) is 0 Å². The minimum atomic E-state index is -4.57. The van der Waals surface area contributed by atoms with Crippen LogP contribution in [-0.4, -0.2) is 15.2 Å². The van der Waals surface area contributed by atoms with Crippen LogP contribution in [0.3, 0.4) is 0 Å². The van der Waals surface area contributed by atoms with E-state index in [0.29, 0.717) is 11.1 Å². The minimum Gasteiger partial charge on any atom is -0.366 e. The van der Waals surface area contributed by atoms with Crippen molar-refractivity contribution in [2.75, 3.05) is 5.73 Å². The summed E-state index contributed by atoms with van der Waals surface area (Å²) in [4.78, 5) is 4.09. The highest BCUT2D eigenvalue weighted by atomic mass is 35.5. The summed E-state index contributed by atoms with van der Waals surface area (Å²) in [6.07, 6.45) is -4.57. The Balaban J connectivity index is 2.20. The van der Waals surface area contributed by atoms with Gasteiger partial charge >= 0.3 is 6.18 Å². The Morgan fingerprint density at radius 1 is 0.962 bits per heavy atom. The van der Waals surface area contributed by atoms with E-state index in [1.54, 1.807) is 24.3 Å². The van der Waals surface area contributed by atoms with Gasteiger partial charge in [-0.2, -0.15) is 18.4 Å². The largest absolute Gasteiger partial charge is 0.416 e. The van der Waals surface area contributed by atoms with Gasteiger partial charge < -0.3 is 5.73 Å². The van der Waals surface area contributed by atoms with Gasteiger partial charge in [0.2, 0.25) is 5.95 Å². The van der Waals surface area contributed by atoms with Crippen molar-refractivity contribution >= 4 is 17.5 Å². The number of rotatable bonds is 2. The molecule has 0 aliphatic rings. The number of halogens is 4. The Morgan fingerprint density at radius 3 is 2.27 bits per heavy atom. The second-order valence-electron chi connectivity index (χ2n) is 5.28. The molecule has 2 N–H and O–H groups in total. The number of hydrogen-bond donors (Lipinski definition) is 1. The van der Waals surface area contributed by atoms with Crippen LogP contribution < -0.4 is 5.73 Å². The zero-order valence-corrected chi connectivity index (χ0v) is 13.7. The average molecular weight is 376 g/mol. The summed E-state index contributed by atoms with van der Waals surface area (Å²) in [6, 6.07) is 11.4. The maximum absolute atomic E-state index is 13.1. The highest BCUT2D eigenvalue weighted by Gasteiger charge is 2.31. The van der Waals surface area contributed by atoms with Crippen molar-refractivity contribution in [3.8, 4) is 28.6 Å². The zero-order valence-electron chi connectivity index (χ0n) is 12.9. The Hall–Kier alpha value is -3.18. The van der Waals surface area contributed by atoms with Crippen molar-refractivity contribution in [2.24, 2.45) is 0 Å². The average Bonchev–Trinajstić information content (AvgIpc) is 2.60. The molecule has 5 nitrogen and oxygen atoms in total. The third kappa shape index (κ3) is 3.58. The van der Waals surface area contributed by atoms with Crippen LogP contribution in [0.15, 0.2) is 42.5 Å². The molecule has 0 aliphatic carbocycles. The van der Waals surface area contributed by atoms with E-state index in [1.807, 2.05) is 6.07 Å². The highest BCUT2D eigenvalue weighted by Crippen LogP contribution is 2.36. The lowest BCUT2D eigenvalue weighted by Gasteiger charge is -2.12. The molecule has 9 heteroatoms. The lowest BCUT2D eigenvalue weighted by molar-refractivity contribution is -0.137. The summed E-state index contributed by atoms with van der Waals surface area (Å²) >= 11 is 5.85. The van der Waals surface area contributed by atoms with Gasteiger partial charge in [-0.15, -0.1) is 10.2 Å². The van der Waals surface area contributed by atoms with Crippen molar-refractivity contribution in [1.29, 1.82) is 5.26 Å². The molecule has 0 radical (unpaired) electrons. The van der Waals surface area contributed by atoms with Gasteiger partial charge in [-0.1, -0.05) is 23.7 Å². The van der Waals surface area contributed by atoms with E-state index in [9.17, 15) is 13.2 Å². The van der Waals surface area contributed by atoms with Crippen LogP contribution in [0.5, 0.6) is 0 Å². The third-order valence-electron chi connectivity index (χ3n) is 3.49. The van der Waals surface area contributed by atoms with E-state index >= 15 is 0 Å². The standard InChI is InChI=1S/C17H9ClF3N5/c18-13-6-11(5-12(7-13)17(19,20)21)15-14(24-16(23)26-25-15)10-3-1-9(8-22)2-4-10/h1-7H,(H2,23,24,26). The van der Waals surface area contributed by atoms with E-state index in [0.717, 1.165) is 12.1 Å². The summed E-state index contributed by atoms with van der Waals surface area (Å²) in [7, 11) is 0. The molecule has 130 valence electrons. The van der Waals surface area contributed by atoms with Crippen LogP contribution in [0.1, 0.15) is 11.1 Å². The lowest BCUT2D eigenvalue weighted by Crippen LogP contribution is -2.06. The molecule has 1 aromatic heterocycles. The number of benzene rings is 2. The molecule has 0 saturated carbocycles. The molecule has 26 heavy (non-hydrogen) atoms. The van der Waals surface area contributed by atoms with Crippen LogP contribution in [0, 0.1) is 11.3 Å². The van der Waals surface area contributed by atoms with Crippen LogP contribution in [0.2, 0.25) is 5.02 Å². The first-order chi connectivity index (χ1) is 12.3. The van der Waals surface area contributed by atoms with Gasteiger partial charge in [0.05, 0.1) is 17.2 Å². The second kappa shape index (κ2) is 6.61. The maximum Gasteiger partial charge on any atom is 0.416 e. The van der Waals surface area contributed by atoms with E-state index < -0.39 is 11.7 Å². The SMILES string of the molecule is N#Cc1ccc(-c2nc(N)nnc2-c2cc(Cl)cc(C(F)(F)F)c2)cc1. The summed E-state index contributed by atoms with van der Waals surface area (Å²) in [5.74, 6) is -0.133. The summed E-state index contributed by atoms with van der Waals surface area (Å²) in [5.41, 5.74) is 6.05. The monoisotopic (exact) mass is 375 g/mol. The molecule has 0 fully saturated rings. The van der Waals surface area contributed by atoms with Crippen molar-refractivity contribution in [3.05, 3.63) is 58.6 Å². The molecule has 0 amide bonds. The molecule has 0 bridgehead atoms. The molecular formula is C17H9ClF3N5. The Kier molecular flexibility index (Phi) is 4.49. The number of nitriles is 1. The van der Waals surface area contributed by atoms with E-state index in [4.69, 9.17) is 22.6 Å². The van der Waals surface area contributed by atoms with Crippen molar-refractivity contribution < 1.29 is 13.2 Å². The number of nitrogens with zero attached hydrogens (tertiary/aromatic N) is 4. The fraction of sp³-hybridized carbons (Fsp3) is 0.0588. The maximum atomic E-state index is 13.1. The van der Waals surface area contributed by atoms with E-state index in [2.05, 4.69) is 15.2 Å². The first-order valence-corrected chi connectivity index (χ1v) is 7.54. The topological polar surface area (TPSA) is 88.5 Å². The molecule has 0 unspecified atom stereocenters. The molecule has 2 aromatic carbocycles. The van der Waals surface area contributed by atoms with Gasteiger partial charge in [-0.25, -0.2) is 4.98 Å². The smallest absolute Gasteiger partial charge is 0.366 e. The summed E-state index contributed by atoms with van der Waals surface area (Å²) in [5, 5.41) is 16.3. The molecule has 0 atom stereocenters. The fourth-order valence-corrected chi connectivity index (χ4v) is 2.56. The summed E-state index contributed by atoms with van der Waals surface area (Å²) in [6.45, 7) is 0. The first kappa shape index (κ1) is 17.6. The van der Waals surface area contributed by atoms with Crippen molar-refractivity contribution in [2.45, 2.75) is 6.18 Å². The molecule has 3 rings (SSSR count). The third-order valence-corrected chi connectivity index (χ3v) is 3.71. The van der Waals surface area contributed by atoms with E-state index in [1.165, 1.54) is 6.07 Å². The van der Waals surface area contributed by atoms with E-state index in [-0.39, 0.29) is 27.9 Å². The van der Waals surface area contributed by atoms with Crippen LogP contribution in [0.4, 0.5) is 19.1 Å². The second-order valence-corrected chi connectivity index (χ2v) is 5.72. The highest BCUT2D eigenvalue weighted by molar-refractivity contribution is 6.31. The number of anilines is 1. The lowest BCUT2D eigenvalue weighted by atomic mass is 10.0. The molecule has 0 spiro atoms. The van der Waals surface area contributed by atoms with Crippen LogP contribution in [-0.2, 0) is 6.18 Å². The van der Waals surface area contributed by atoms with Crippen molar-refractivity contribution in [3.63, 3.8) is 0 Å². The fourth-order valence-electron chi connectivity index (χ4n) is 2.33. The molecule has 1 heterocycles. The van der Waals surface area contributed by atoms with Gasteiger partial charge in [0.1, 0.15) is 11.4 Å². The Labute approximate surface area is 150 Å². The van der Waals surface area contributed by atoms with Gasteiger partial charge in [0.25, 0.3) is 0 Å². The number of aromatic nitrogens is 3. The zero-order chi connectivity index (χ0) is 18.9. The quantitative estimate of drug-likeness (QED) is 0.720. The van der Waals surface area contributed by atoms with Crippen LogP contribution in [0.25, 0.3) is 22.5 Å². The van der Waals surface area contributed by atoms with Gasteiger partial charge in [-0.3, -0.25) is 0 Å². The normalized spacial score (nSPS) is 11.2. The molecule has 0 saturated heterocycles. The summed E-state index contributed by atoms with van der Waals surface area (Å²) < 4.78 is 39.2. The number of nitrogens with two attached hydrogens (primary N) is 1. The van der Waals surface area contributed by atoms with Crippen molar-refractivity contribution in [1.82, 2.24) is 15.2 Å². The number of alkyl halides is 3. The predicted molar refractivity (Wildman–Crippen MR) is 89.8 cm³/mol. The number of hydrogen-bond acceptors (Lipinski definition) is 5.